The standard InChI is InChI=1S/C14H24N4O.ClH/c1-14(2,3)12-8-11(17-18-12)13(19)16-7-5-10-4-6-15-9-10;/h8,10,15H,4-7,9H2,1-3H3,(H,16,19)(H,17,18);1H. The van der Waals surface area contributed by atoms with E-state index in [0.29, 0.717) is 11.6 Å². The maximum atomic E-state index is 11.9. The number of aromatic nitrogens is 2. The third-order valence-corrected chi connectivity index (χ3v) is 3.62. The monoisotopic (exact) mass is 300 g/mol. The molecule has 1 aliphatic heterocycles. The van der Waals surface area contributed by atoms with E-state index < -0.39 is 0 Å². The molecule has 1 saturated heterocycles. The summed E-state index contributed by atoms with van der Waals surface area (Å²) in [7, 11) is 0. The SMILES string of the molecule is CC(C)(C)c1cc(C(=O)NCCC2CCNC2)n[nH]1.Cl. The zero-order chi connectivity index (χ0) is 13.9. The van der Waals surface area contributed by atoms with Crippen LogP contribution >= 0.6 is 12.4 Å². The first-order chi connectivity index (χ1) is 8.97. The number of H-pyrrole nitrogens is 1. The molecule has 2 heterocycles. The van der Waals surface area contributed by atoms with Gasteiger partial charge in [-0.2, -0.15) is 5.10 Å². The molecule has 1 unspecified atom stereocenters. The molecule has 1 aromatic rings. The number of rotatable bonds is 4. The molecular weight excluding hydrogens is 276 g/mol. The molecule has 5 nitrogen and oxygen atoms in total. The van der Waals surface area contributed by atoms with Gasteiger partial charge in [0.25, 0.3) is 5.91 Å². The first-order valence-electron chi connectivity index (χ1n) is 7.01. The van der Waals surface area contributed by atoms with E-state index in [9.17, 15) is 4.79 Å². The summed E-state index contributed by atoms with van der Waals surface area (Å²) in [4.78, 5) is 11.9. The first-order valence-corrected chi connectivity index (χ1v) is 7.01. The van der Waals surface area contributed by atoms with E-state index in [2.05, 4.69) is 41.6 Å². The van der Waals surface area contributed by atoms with Gasteiger partial charge in [0.05, 0.1) is 0 Å². The molecule has 0 aliphatic carbocycles. The van der Waals surface area contributed by atoms with Crippen LogP contribution in [0.5, 0.6) is 0 Å². The van der Waals surface area contributed by atoms with Crippen molar-refractivity contribution < 1.29 is 4.79 Å². The van der Waals surface area contributed by atoms with Crippen LogP contribution in [0.3, 0.4) is 0 Å². The molecule has 3 N–H and O–H groups in total. The van der Waals surface area contributed by atoms with Gasteiger partial charge in [-0.05, 0) is 37.9 Å². The molecule has 1 atom stereocenters. The Balaban J connectivity index is 0.00000200. The second-order valence-electron chi connectivity index (χ2n) is 6.32. The molecule has 20 heavy (non-hydrogen) atoms. The van der Waals surface area contributed by atoms with Crippen LogP contribution in [0.25, 0.3) is 0 Å². The fourth-order valence-electron chi connectivity index (χ4n) is 2.26. The average molecular weight is 301 g/mol. The normalized spacial score (nSPS) is 18.6. The second kappa shape index (κ2) is 7.09. The molecular formula is C14H25ClN4O. The molecule has 0 saturated carbocycles. The molecule has 0 spiro atoms. The molecule has 114 valence electrons. The van der Waals surface area contributed by atoms with Crippen molar-refractivity contribution in [3.63, 3.8) is 0 Å². The summed E-state index contributed by atoms with van der Waals surface area (Å²) in [5.74, 6) is 0.613. The highest BCUT2D eigenvalue weighted by Gasteiger charge is 2.19. The minimum Gasteiger partial charge on any atom is -0.351 e. The maximum Gasteiger partial charge on any atom is 0.271 e. The Labute approximate surface area is 126 Å². The van der Waals surface area contributed by atoms with Crippen molar-refractivity contribution in [2.45, 2.75) is 39.0 Å². The minimum atomic E-state index is -0.0855. The van der Waals surface area contributed by atoms with Gasteiger partial charge >= 0.3 is 0 Å². The van der Waals surface area contributed by atoms with Gasteiger partial charge in [0.1, 0.15) is 5.69 Å². The fraction of sp³-hybridized carbons (Fsp3) is 0.714. The summed E-state index contributed by atoms with van der Waals surface area (Å²) in [5.41, 5.74) is 1.45. The number of nitrogens with one attached hydrogen (secondary N) is 3. The van der Waals surface area contributed by atoms with Crippen LogP contribution in [0, 0.1) is 5.92 Å². The van der Waals surface area contributed by atoms with Crippen molar-refractivity contribution in [3.8, 4) is 0 Å². The molecule has 1 aliphatic rings. The van der Waals surface area contributed by atoms with Gasteiger partial charge in [0.2, 0.25) is 0 Å². The van der Waals surface area contributed by atoms with Crippen molar-refractivity contribution in [2.75, 3.05) is 19.6 Å². The zero-order valence-electron chi connectivity index (χ0n) is 12.5. The van der Waals surface area contributed by atoms with E-state index >= 15 is 0 Å². The number of hydrogen-bond donors (Lipinski definition) is 3. The number of aromatic amines is 1. The number of halogens is 1. The van der Waals surface area contributed by atoms with Gasteiger partial charge in [0, 0.05) is 17.7 Å². The fourth-order valence-corrected chi connectivity index (χ4v) is 2.26. The Morgan fingerprint density at radius 3 is 2.80 bits per heavy atom. The van der Waals surface area contributed by atoms with E-state index in [1.165, 1.54) is 6.42 Å². The molecule has 0 aromatic carbocycles. The van der Waals surface area contributed by atoms with E-state index in [0.717, 1.165) is 31.7 Å². The van der Waals surface area contributed by atoms with E-state index in [-0.39, 0.29) is 23.7 Å². The summed E-state index contributed by atoms with van der Waals surface area (Å²) in [5, 5.41) is 13.3. The summed E-state index contributed by atoms with van der Waals surface area (Å²) in [6.07, 6.45) is 2.25. The lowest BCUT2D eigenvalue weighted by Crippen LogP contribution is -2.26. The first kappa shape index (κ1) is 17.0. The number of carbonyl (C=O) groups excluding carboxylic acids is 1. The topological polar surface area (TPSA) is 69.8 Å². The van der Waals surface area contributed by atoms with Crippen molar-refractivity contribution in [1.82, 2.24) is 20.8 Å². The Hall–Kier alpha value is -1.07. The molecule has 1 fully saturated rings. The predicted molar refractivity (Wildman–Crippen MR) is 82.5 cm³/mol. The summed E-state index contributed by atoms with van der Waals surface area (Å²) in [6, 6.07) is 1.84. The van der Waals surface area contributed by atoms with Crippen LogP contribution in [0.15, 0.2) is 6.07 Å². The minimum absolute atomic E-state index is 0. The van der Waals surface area contributed by atoms with E-state index in [1.807, 2.05) is 6.07 Å². The van der Waals surface area contributed by atoms with Gasteiger partial charge in [-0.3, -0.25) is 9.89 Å². The van der Waals surface area contributed by atoms with Gasteiger partial charge in [-0.1, -0.05) is 20.8 Å². The van der Waals surface area contributed by atoms with Crippen LogP contribution in [0.1, 0.15) is 49.8 Å². The second-order valence-corrected chi connectivity index (χ2v) is 6.32. The molecule has 0 bridgehead atoms. The molecule has 2 rings (SSSR count). The van der Waals surface area contributed by atoms with Crippen LogP contribution in [-0.4, -0.2) is 35.7 Å². The Bertz CT molecular complexity index is 433. The Morgan fingerprint density at radius 1 is 1.50 bits per heavy atom. The largest absolute Gasteiger partial charge is 0.351 e. The highest BCUT2D eigenvalue weighted by atomic mass is 35.5. The summed E-state index contributed by atoms with van der Waals surface area (Å²) >= 11 is 0. The van der Waals surface area contributed by atoms with Crippen LogP contribution in [-0.2, 0) is 5.41 Å². The quantitative estimate of drug-likeness (QED) is 0.795. The summed E-state index contributed by atoms with van der Waals surface area (Å²) < 4.78 is 0. The van der Waals surface area contributed by atoms with Gasteiger partial charge in [-0.15, -0.1) is 12.4 Å². The average Bonchev–Trinajstić information content (AvgIpc) is 2.99. The number of hydrogen-bond acceptors (Lipinski definition) is 3. The van der Waals surface area contributed by atoms with Gasteiger partial charge in [0.15, 0.2) is 0 Å². The summed E-state index contributed by atoms with van der Waals surface area (Å²) in [6.45, 7) is 9.18. The van der Waals surface area contributed by atoms with Crippen LogP contribution < -0.4 is 10.6 Å². The van der Waals surface area contributed by atoms with Crippen molar-refractivity contribution >= 4 is 18.3 Å². The van der Waals surface area contributed by atoms with Crippen molar-refractivity contribution in [2.24, 2.45) is 5.92 Å². The van der Waals surface area contributed by atoms with Crippen LogP contribution in [0.4, 0.5) is 0 Å². The van der Waals surface area contributed by atoms with Gasteiger partial charge < -0.3 is 10.6 Å². The third-order valence-electron chi connectivity index (χ3n) is 3.62. The zero-order valence-corrected chi connectivity index (χ0v) is 13.3. The molecule has 0 radical (unpaired) electrons. The van der Waals surface area contributed by atoms with E-state index in [1.54, 1.807) is 0 Å². The predicted octanol–water partition coefficient (Wildman–Crippen LogP) is 1.86. The maximum absolute atomic E-state index is 11.9. The third kappa shape index (κ3) is 4.49. The molecule has 6 heteroatoms. The van der Waals surface area contributed by atoms with E-state index in [4.69, 9.17) is 0 Å². The Morgan fingerprint density at radius 2 is 2.25 bits per heavy atom. The number of nitrogens with zero attached hydrogens (tertiary/aromatic N) is 1. The number of carbonyl (C=O) groups is 1. The lowest BCUT2D eigenvalue weighted by Gasteiger charge is -2.14. The van der Waals surface area contributed by atoms with Crippen LogP contribution in [0.2, 0.25) is 0 Å². The lowest BCUT2D eigenvalue weighted by atomic mass is 9.92. The van der Waals surface area contributed by atoms with Crippen molar-refractivity contribution in [3.05, 3.63) is 17.5 Å². The molecule has 1 aromatic heterocycles. The highest BCUT2D eigenvalue weighted by molar-refractivity contribution is 5.92. The van der Waals surface area contributed by atoms with Gasteiger partial charge in [-0.25, -0.2) is 0 Å². The molecule has 1 amide bonds. The Kier molecular flexibility index (Phi) is 6.02. The number of amides is 1. The smallest absolute Gasteiger partial charge is 0.271 e. The van der Waals surface area contributed by atoms with Crippen molar-refractivity contribution in [1.29, 1.82) is 0 Å². The highest BCUT2D eigenvalue weighted by Crippen LogP contribution is 2.20. The lowest BCUT2D eigenvalue weighted by molar-refractivity contribution is 0.0946.